The standard InChI is InChI=1S/C16H22N2O3/c1-12-5-7-13(8-6-12)11-17-15(21)18-16(14(19)20)9-3-2-4-10-16/h5-8H,2-4,9-11H2,1H3,(H,19,20)(H2,17,18,21). The van der Waals surface area contributed by atoms with E-state index in [4.69, 9.17) is 0 Å². The summed E-state index contributed by atoms with van der Waals surface area (Å²) in [5.41, 5.74) is 1.05. The van der Waals surface area contributed by atoms with Gasteiger partial charge >= 0.3 is 12.0 Å². The van der Waals surface area contributed by atoms with Crippen LogP contribution in [-0.2, 0) is 11.3 Å². The summed E-state index contributed by atoms with van der Waals surface area (Å²) in [4.78, 5) is 23.5. The summed E-state index contributed by atoms with van der Waals surface area (Å²) in [6.45, 7) is 2.39. The quantitative estimate of drug-likeness (QED) is 0.797. The molecule has 21 heavy (non-hydrogen) atoms. The van der Waals surface area contributed by atoms with Crippen LogP contribution in [0.3, 0.4) is 0 Å². The fourth-order valence-electron chi connectivity index (χ4n) is 2.70. The average Bonchev–Trinajstić information content (AvgIpc) is 2.47. The number of carboxylic acids is 1. The predicted octanol–water partition coefficient (Wildman–Crippen LogP) is 2.58. The van der Waals surface area contributed by atoms with E-state index in [9.17, 15) is 14.7 Å². The molecule has 1 aromatic rings. The first kappa shape index (κ1) is 15.4. The topological polar surface area (TPSA) is 78.4 Å². The molecular weight excluding hydrogens is 268 g/mol. The Balaban J connectivity index is 1.90. The Morgan fingerprint density at radius 1 is 1.14 bits per heavy atom. The third kappa shape index (κ3) is 3.97. The number of carbonyl (C=O) groups is 2. The molecule has 3 N–H and O–H groups in total. The van der Waals surface area contributed by atoms with E-state index in [1.54, 1.807) is 0 Å². The van der Waals surface area contributed by atoms with Crippen molar-refractivity contribution >= 4 is 12.0 Å². The van der Waals surface area contributed by atoms with E-state index in [0.29, 0.717) is 19.4 Å². The molecule has 0 radical (unpaired) electrons. The minimum absolute atomic E-state index is 0.391. The molecule has 1 aliphatic carbocycles. The molecule has 2 rings (SSSR count). The molecule has 0 heterocycles. The maximum Gasteiger partial charge on any atom is 0.329 e. The van der Waals surface area contributed by atoms with Crippen LogP contribution < -0.4 is 10.6 Å². The Hall–Kier alpha value is -2.04. The van der Waals surface area contributed by atoms with Gasteiger partial charge in [-0.2, -0.15) is 0 Å². The number of aliphatic carboxylic acids is 1. The molecule has 1 fully saturated rings. The van der Waals surface area contributed by atoms with Crippen LogP contribution in [-0.4, -0.2) is 22.6 Å². The molecule has 1 aliphatic rings. The number of carboxylic acid groups (broad SMARTS) is 1. The van der Waals surface area contributed by atoms with E-state index in [1.165, 1.54) is 0 Å². The highest BCUT2D eigenvalue weighted by atomic mass is 16.4. The third-order valence-corrected chi connectivity index (χ3v) is 4.04. The zero-order chi connectivity index (χ0) is 15.3. The average molecular weight is 290 g/mol. The Labute approximate surface area is 124 Å². The van der Waals surface area contributed by atoms with Crippen LogP contribution in [0.4, 0.5) is 4.79 Å². The number of carbonyl (C=O) groups excluding carboxylic acids is 1. The summed E-state index contributed by atoms with van der Waals surface area (Å²) in [6.07, 6.45) is 3.71. The molecular formula is C16H22N2O3. The highest BCUT2D eigenvalue weighted by Crippen LogP contribution is 2.28. The molecule has 0 bridgehead atoms. The maximum atomic E-state index is 12.0. The largest absolute Gasteiger partial charge is 0.480 e. The number of amides is 2. The summed E-state index contributed by atoms with van der Waals surface area (Å²) < 4.78 is 0. The van der Waals surface area contributed by atoms with Crippen molar-refractivity contribution in [2.24, 2.45) is 0 Å². The van der Waals surface area contributed by atoms with Crippen LogP contribution in [0.1, 0.15) is 43.2 Å². The molecule has 1 aromatic carbocycles. The first-order chi connectivity index (χ1) is 10.0. The summed E-state index contributed by atoms with van der Waals surface area (Å²) in [7, 11) is 0. The minimum atomic E-state index is -1.10. The van der Waals surface area contributed by atoms with Gasteiger partial charge in [-0.3, -0.25) is 0 Å². The van der Waals surface area contributed by atoms with Gasteiger partial charge in [0.05, 0.1) is 0 Å². The lowest BCUT2D eigenvalue weighted by Crippen LogP contribution is -2.57. The highest BCUT2D eigenvalue weighted by molar-refractivity contribution is 5.86. The number of urea groups is 1. The van der Waals surface area contributed by atoms with Crippen LogP contribution in [0.15, 0.2) is 24.3 Å². The second kappa shape index (κ2) is 6.61. The van der Waals surface area contributed by atoms with E-state index in [2.05, 4.69) is 10.6 Å². The number of benzene rings is 1. The minimum Gasteiger partial charge on any atom is -0.480 e. The molecule has 5 nitrogen and oxygen atoms in total. The van der Waals surface area contributed by atoms with Gasteiger partial charge in [0.25, 0.3) is 0 Å². The van der Waals surface area contributed by atoms with Gasteiger partial charge in [-0.25, -0.2) is 9.59 Å². The van der Waals surface area contributed by atoms with Crippen molar-refractivity contribution in [2.45, 2.75) is 51.1 Å². The van der Waals surface area contributed by atoms with Crippen LogP contribution in [0.2, 0.25) is 0 Å². The molecule has 114 valence electrons. The number of nitrogens with one attached hydrogen (secondary N) is 2. The first-order valence-electron chi connectivity index (χ1n) is 7.37. The number of hydrogen-bond acceptors (Lipinski definition) is 2. The van der Waals surface area contributed by atoms with Gasteiger partial charge in [0.2, 0.25) is 0 Å². The summed E-state index contributed by atoms with van der Waals surface area (Å²) in [6, 6.07) is 7.44. The fourth-order valence-corrected chi connectivity index (χ4v) is 2.70. The van der Waals surface area contributed by atoms with Crippen molar-refractivity contribution in [1.82, 2.24) is 10.6 Å². The molecule has 2 amide bonds. The predicted molar refractivity (Wildman–Crippen MR) is 80.0 cm³/mol. The molecule has 0 atom stereocenters. The SMILES string of the molecule is Cc1ccc(CNC(=O)NC2(C(=O)O)CCCCC2)cc1. The van der Waals surface area contributed by atoms with Crippen molar-refractivity contribution in [3.8, 4) is 0 Å². The van der Waals surface area contributed by atoms with Gasteiger partial charge in [0, 0.05) is 6.54 Å². The van der Waals surface area contributed by atoms with Crippen LogP contribution in [0, 0.1) is 6.92 Å². The van der Waals surface area contributed by atoms with Gasteiger partial charge < -0.3 is 15.7 Å². The Bertz CT molecular complexity index is 505. The van der Waals surface area contributed by atoms with Crippen LogP contribution >= 0.6 is 0 Å². The molecule has 0 spiro atoms. The Morgan fingerprint density at radius 3 is 2.33 bits per heavy atom. The van der Waals surface area contributed by atoms with Gasteiger partial charge in [-0.1, -0.05) is 49.1 Å². The maximum absolute atomic E-state index is 12.0. The molecule has 0 unspecified atom stereocenters. The second-order valence-electron chi connectivity index (χ2n) is 5.74. The molecule has 1 saturated carbocycles. The molecule has 0 aliphatic heterocycles. The van der Waals surface area contributed by atoms with Crippen LogP contribution in [0.25, 0.3) is 0 Å². The smallest absolute Gasteiger partial charge is 0.329 e. The molecule has 0 saturated heterocycles. The normalized spacial score (nSPS) is 17.0. The van der Waals surface area contributed by atoms with E-state index >= 15 is 0 Å². The van der Waals surface area contributed by atoms with Gasteiger partial charge in [-0.05, 0) is 25.3 Å². The lowest BCUT2D eigenvalue weighted by atomic mass is 9.82. The zero-order valence-corrected chi connectivity index (χ0v) is 12.3. The molecule has 0 aromatic heterocycles. The second-order valence-corrected chi connectivity index (χ2v) is 5.74. The number of aryl methyl sites for hydroxylation is 1. The van der Waals surface area contributed by atoms with Crippen molar-refractivity contribution in [3.63, 3.8) is 0 Å². The third-order valence-electron chi connectivity index (χ3n) is 4.04. The lowest BCUT2D eigenvalue weighted by Gasteiger charge is -2.33. The van der Waals surface area contributed by atoms with Crippen LogP contribution in [0.5, 0.6) is 0 Å². The van der Waals surface area contributed by atoms with E-state index in [1.807, 2.05) is 31.2 Å². The lowest BCUT2D eigenvalue weighted by molar-refractivity contribution is -0.145. The zero-order valence-electron chi connectivity index (χ0n) is 12.3. The summed E-state index contributed by atoms with van der Waals surface area (Å²) in [5, 5.41) is 14.8. The van der Waals surface area contributed by atoms with Crippen molar-refractivity contribution < 1.29 is 14.7 Å². The van der Waals surface area contributed by atoms with E-state index in [-0.39, 0.29) is 0 Å². The van der Waals surface area contributed by atoms with Crippen molar-refractivity contribution in [1.29, 1.82) is 0 Å². The van der Waals surface area contributed by atoms with Gasteiger partial charge in [0.1, 0.15) is 5.54 Å². The number of hydrogen-bond donors (Lipinski definition) is 3. The molecule has 5 heteroatoms. The van der Waals surface area contributed by atoms with E-state index in [0.717, 1.165) is 30.4 Å². The number of rotatable bonds is 4. The van der Waals surface area contributed by atoms with Gasteiger partial charge in [-0.15, -0.1) is 0 Å². The van der Waals surface area contributed by atoms with Crippen molar-refractivity contribution in [2.75, 3.05) is 0 Å². The Morgan fingerprint density at radius 2 is 1.76 bits per heavy atom. The summed E-state index contributed by atoms with van der Waals surface area (Å²) >= 11 is 0. The fraction of sp³-hybridized carbons (Fsp3) is 0.500. The van der Waals surface area contributed by atoms with Gasteiger partial charge in [0.15, 0.2) is 0 Å². The van der Waals surface area contributed by atoms with Crippen molar-refractivity contribution in [3.05, 3.63) is 35.4 Å². The highest BCUT2D eigenvalue weighted by Gasteiger charge is 2.40. The monoisotopic (exact) mass is 290 g/mol. The van der Waals surface area contributed by atoms with E-state index < -0.39 is 17.5 Å². The Kier molecular flexibility index (Phi) is 4.83. The first-order valence-corrected chi connectivity index (χ1v) is 7.37. The summed E-state index contributed by atoms with van der Waals surface area (Å²) in [5.74, 6) is -0.937.